The molecule has 37 heavy (non-hydrogen) atoms. The van der Waals surface area contributed by atoms with E-state index in [0.29, 0.717) is 23.8 Å². The van der Waals surface area contributed by atoms with E-state index >= 15 is 0 Å². The second-order valence-electron chi connectivity index (χ2n) is 8.87. The molecule has 1 saturated heterocycles. The molecule has 1 amide bonds. The van der Waals surface area contributed by atoms with Gasteiger partial charge in [-0.1, -0.05) is 63.5 Å². The van der Waals surface area contributed by atoms with Crippen LogP contribution in [0.4, 0.5) is 5.13 Å². The number of carbonyl (C=O) groups is 1. The van der Waals surface area contributed by atoms with Gasteiger partial charge >= 0.3 is 0 Å². The number of rotatable bonds is 6. The number of benzene rings is 3. The molecule has 0 aliphatic carbocycles. The average Bonchev–Trinajstić information content (AvgIpc) is 3.33. The minimum absolute atomic E-state index is 0.186. The van der Waals surface area contributed by atoms with Crippen LogP contribution in [-0.4, -0.2) is 42.9 Å². The summed E-state index contributed by atoms with van der Waals surface area (Å²) in [5, 5.41) is 6.19. The zero-order valence-electron chi connectivity index (χ0n) is 20.2. The molecule has 0 spiro atoms. The number of fused-ring (bicyclic) bond motifs is 1. The van der Waals surface area contributed by atoms with E-state index in [1.54, 1.807) is 6.21 Å². The number of carbonyl (C=O) groups excluding carboxylic acids is 1. The number of nitrogens with zero attached hydrogens (tertiary/aromatic N) is 4. The van der Waals surface area contributed by atoms with Crippen molar-refractivity contribution in [2.75, 3.05) is 18.1 Å². The summed E-state index contributed by atoms with van der Waals surface area (Å²) in [7, 11) is -3.58. The van der Waals surface area contributed by atoms with Crippen molar-refractivity contribution in [2.24, 2.45) is 5.10 Å². The molecule has 0 unspecified atom stereocenters. The molecule has 10 heteroatoms. The van der Waals surface area contributed by atoms with Gasteiger partial charge in [0.25, 0.3) is 5.91 Å². The van der Waals surface area contributed by atoms with Gasteiger partial charge in [-0.3, -0.25) is 4.79 Å². The molecule has 1 aromatic heterocycles. The van der Waals surface area contributed by atoms with Crippen molar-refractivity contribution in [3.8, 4) is 0 Å². The highest BCUT2D eigenvalue weighted by molar-refractivity contribution is 9.10. The highest BCUT2D eigenvalue weighted by Gasteiger charge is 2.27. The molecule has 0 radical (unpaired) electrons. The van der Waals surface area contributed by atoms with Crippen LogP contribution in [-0.2, 0) is 10.0 Å². The van der Waals surface area contributed by atoms with E-state index in [4.69, 9.17) is 0 Å². The SMILES string of the molecule is Cc1ccc(/C=N/N(C(=O)c2ccc(S(=O)(=O)N3CCCCC3)cc2)c2nc3ccc(Br)cc3s2)cc1. The van der Waals surface area contributed by atoms with Crippen LogP contribution in [0.5, 0.6) is 0 Å². The van der Waals surface area contributed by atoms with Crippen LogP contribution >= 0.6 is 27.3 Å². The number of hydrogen-bond acceptors (Lipinski definition) is 6. The standard InChI is InChI=1S/C27H25BrN4O3S2/c1-19-5-7-20(8-6-19)18-29-32(27-30-24-14-11-22(28)17-25(24)36-27)26(33)21-9-12-23(13-10-21)37(34,35)31-15-3-2-4-16-31/h5-14,17-18H,2-4,15-16H2,1H3/b29-18+. The van der Waals surface area contributed by atoms with Gasteiger partial charge in [-0.15, -0.1) is 0 Å². The third-order valence-corrected chi connectivity index (χ3v) is 9.57. The highest BCUT2D eigenvalue weighted by atomic mass is 79.9. The molecule has 0 atom stereocenters. The molecule has 5 rings (SSSR count). The van der Waals surface area contributed by atoms with E-state index in [-0.39, 0.29) is 4.90 Å². The Labute approximate surface area is 228 Å². The van der Waals surface area contributed by atoms with Crippen molar-refractivity contribution in [3.63, 3.8) is 0 Å². The summed E-state index contributed by atoms with van der Waals surface area (Å²) in [6, 6.07) is 19.6. The summed E-state index contributed by atoms with van der Waals surface area (Å²) in [5.41, 5.74) is 3.05. The summed E-state index contributed by atoms with van der Waals surface area (Å²) in [6.45, 7) is 3.06. The molecule has 2 heterocycles. The van der Waals surface area contributed by atoms with Gasteiger partial charge in [0.05, 0.1) is 21.3 Å². The Morgan fingerprint density at radius 2 is 1.73 bits per heavy atom. The Kier molecular flexibility index (Phi) is 7.52. The van der Waals surface area contributed by atoms with E-state index < -0.39 is 15.9 Å². The van der Waals surface area contributed by atoms with Crippen molar-refractivity contribution in [1.29, 1.82) is 0 Å². The lowest BCUT2D eigenvalue weighted by Gasteiger charge is -2.25. The number of hydrogen-bond donors (Lipinski definition) is 0. The number of halogens is 1. The summed E-state index contributed by atoms with van der Waals surface area (Å²) in [4.78, 5) is 18.5. The Hall–Kier alpha value is -2.92. The van der Waals surface area contributed by atoms with Crippen molar-refractivity contribution >= 4 is 64.8 Å². The van der Waals surface area contributed by atoms with Crippen molar-refractivity contribution in [3.05, 3.63) is 87.9 Å². The van der Waals surface area contributed by atoms with Crippen LogP contribution in [0.1, 0.15) is 40.7 Å². The Morgan fingerprint density at radius 3 is 2.43 bits per heavy atom. The number of amides is 1. The van der Waals surface area contributed by atoms with E-state index in [1.807, 2.05) is 49.4 Å². The first-order chi connectivity index (χ1) is 17.8. The second kappa shape index (κ2) is 10.8. The van der Waals surface area contributed by atoms with Gasteiger partial charge in [-0.2, -0.15) is 14.4 Å². The molecule has 0 bridgehead atoms. The first-order valence-corrected chi connectivity index (χ1v) is 15.0. The molecular weight excluding hydrogens is 572 g/mol. The third kappa shape index (κ3) is 5.67. The second-order valence-corrected chi connectivity index (χ2v) is 12.7. The highest BCUT2D eigenvalue weighted by Crippen LogP contribution is 2.32. The van der Waals surface area contributed by atoms with E-state index in [2.05, 4.69) is 26.0 Å². The molecule has 1 aliphatic heterocycles. The number of aromatic nitrogens is 1. The maximum absolute atomic E-state index is 13.6. The van der Waals surface area contributed by atoms with Gasteiger partial charge in [-0.25, -0.2) is 13.4 Å². The molecule has 7 nitrogen and oxygen atoms in total. The largest absolute Gasteiger partial charge is 0.280 e. The number of hydrazone groups is 1. The maximum Gasteiger partial charge on any atom is 0.280 e. The number of anilines is 1. The number of piperidine rings is 1. The third-order valence-electron chi connectivity index (χ3n) is 6.17. The number of thiazole rings is 1. The first-order valence-electron chi connectivity index (χ1n) is 11.9. The lowest BCUT2D eigenvalue weighted by molar-refractivity contribution is 0.0987. The minimum Gasteiger partial charge on any atom is -0.267 e. The van der Waals surface area contributed by atoms with Crippen LogP contribution < -0.4 is 5.01 Å². The average molecular weight is 598 g/mol. The fraction of sp³-hybridized carbons (Fsp3) is 0.222. The molecule has 4 aromatic rings. The van der Waals surface area contributed by atoms with Crippen LogP contribution in [0.25, 0.3) is 10.2 Å². The molecular formula is C27H25BrN4O3S2. The van der Waals surface area contributed by atoms with Crippen LogP contribution in [0, 0.1) is 6.92 Å². The van der Waals surface area contributed by atoms with E-state index in [1.165, 1.54) is 44.9 Å². The van der Waals surface area contributed by atoms with Gasteiger partial charge in [0.1, 0.15) is 0 Å². The zero-order valence-corrected chi connectivity index (χ0v) is 23.4. The van der Waals surface area contributed by atoms with Gasteiger partial charge in [0.2, 0.25) is 15.2 Å². The van der Waals surface area contributed by atoms with Gasteiger partial charge < -0.3 is 0 Å². The Bertz CT molecular complexity index is 1560. The van der Waals surface area contributed by atoms with Crippen LogP contribution in [0.2, 0.25) is 0 Å². The van der Waals surface area contributed by atoms with E-state index in [0.717, 1.165) is 45.1 Å². The molecule has 190 valence electrons. The predicted molar refractivity (Wildman–Crippen MR) is 152 cm³/mol. The zero-order chi connectivity index (χ0) is 26.0. The number of aryl methyl sites for hydroxylation is 1. The Morgan fingerprint density at radius 1 is 1.03 bits per heavy atom. The maximum atomic E-state index is 13.6. The quantitative estimate of drug-likeness (QED) is 0.195. The number of sulfonamides is 1. The predicted octanol–water partition coefficient (Wildman–Crippen LogP) is 6.22. The first kappa shape index (κ1) is 25.7. The monoisotopic (exact) mass is 596 g/mol. The molecule has 3 aromatic carbocycles. The normalized spacial score (nSPS) is 14.9. The van der Waals surface area contributed by atoms with Crippen molar-refractivity contribution in [2.45, 2.75) is 31.1 Å². The lowest BCUT2D eigenvalue weighted by Crippen LogP contribution is -2.35. The molecule has 1 aliphatic rings. The smallest absolute Gasteiger partial charge is 0.267 e. The van der Waals surface area contributed by atoms with E-state index in [9.17, 15) is 13.2 Å². The topological polar surface area (TPSA) is 82.9 Å². The minimum atomic E-state index is -3.58. The summed E-state index contributed by atoms with van der Waals surface area (Å²) in [5.74, 6) is -0.400. The van der Waals surface area contributed by atoms with Gasteiger partial charge in [-0.05, 0) is 67.8 Å². The Balaban J connectivity index is 1.47. The van der Waals surface area contributed by atoms with Gasteiger partial charge in [0.15, 0.2) is 0 Å². The van der Waals surface area contributed by atoms with Crippen LogP contribution in [0.15, 0.2) is 81.2 Å². The lowest BCUT2D eigenvalue weighted by atomic mass is 10.2. The van der Waals surface area contributed by atoms with Crippen LogP contribution in [0.3, 0.4) is 0 Å². The summed E-state index contributed by atoms with van der Waals surface area (Å²) >= 11 is 4.83. The fourth-order valence-corrected chi connectivity index (χ4v) is 7.08. The van der Waals surface area contributed by atoms with Crippen molar-refractivity contribution < 1.29 is 13.2 Å². The molecule has 0 N–H and O–H groups in total. The summed E-state index contributed by atoms with van der Waals surface area (Å²) < 4.78 is 29.4. The molecule has 0 saturated carbocycles. The fourth-order valence-electron chi connectivity index (χ4n) is 4.09. The van der Waals surface area contributed by atoms with Crippen molar-refractivity contribution in [1.82, 2.24) is 9.29 Å². The van der Waals surface area contributed by atoms with Gasteiger partial charge in [0, 0.05) is 23.1 Å². The summed E-state index contributed by atoms with van der Waals surface area (Å²) in [6.07, 6.45) is 4.39. The molecule has 1 fully saturated rings.